The number of fused-ring (bicyclic) bond motifs is 5. The van der Waals surface area contributed by atoms with Crippen molar-refractivity contribution >= 4 is 11.6 Å². The third-order valence-corrected chi connectivity index (χ3v) is 8.59. The Morgan fingerprint density at radius 2 is 1.77 bits per heavy atom. The van der Waals surface area contributed by atoms with E-state index >= 15 is 0 Å². The first-order valence-corrected chi connectivity index (χ1v) is 10.00. The number of rotatable bonds is 1. The standard InChI is InChI=1S/C19H31ClO2/c1-19-9-12(10-20)18-14-5-3-13(21)8-11(14)2-4-15(18)16(19)6-7-17(19)22/h11-18,21-22H,2-10H2,1H3/t11?,12-,13?,14+,15+,16+,17+,18-,19+/m1/s1. The van der Waals surface area contributed by atoms with Crippen LogP contribution in [0.5, 0.6) is 0 Å². The SMILES string of the molecule is C[C@]12C[C@H](CCl)[C@H]3[C@@H](CCC4CC(O)CC[C@@H]43)[C@@H]1CC[C@@H]2O. The van der Waals surface area contributed by atoms with E-state index in [1.165, 1.54) is 25.7 Å². The predicted octanol–water partition coefficient (Wildman–Crippen LogP) is 3.83. The molecule has 126 valence electrons. The highest BCUT2D eigenvalue weighted by Gasteiger charge is 2.59. The summed E-state index contributed by atoms with van der Waals surface area (Å²) >= 11 is 6.43. The van der Waals surface area contributed by atoms with Gasteiger partial charge in [-0.1, -0.05) is 6.92 Å². The highest BCUT2D eigenvalue weighted by atomic mass is 35.5. The third-order valence-electron chi connectivity index (χ3n) is 8.19. The molecule has 0 bridgehead atoms. The molecule has 0 heterocycles. The zero-order valence-electron chi connectivity index (χ0n) is 13.8. The Balaban J connectivity index is 1.64. The maximum atomic E-state index is 10.6. The molecule has 22 heavy (non-hydrogen) atoms. The Labute approximate surface area is 139 Å². The summed E-state index contributed by atoms with van der Waals surface area (Å²) < 4.78 is 0. The fourth-order valence-electron chi connectivity index (χ4n) is 7.28. The lowest BCUT2D eigenvalue weighted by Crippen LogP contribution is -2.54. The van der Waals surface area contributed by atoms with Crippen molar-refractivity contribution in [2.75, 3.05) is 5.88 Å². The van der Waals surface area contributed by atoms with Crippen molar-refractivity contribution in [3.05, 3.63) is 0 Å². The second-order valence-electron chi connectivity index (χ2n) is 9.03. The molecular weight excluding hydrogens is 296 g/mol. The average Bonchev–Trinajstić information content (AvgIpc) is 2.81. The second kappa shape index (κ2) is 5.63. The Bertz CT molecular complexity index is 428. The van der Waals surface area contributed by atoms with Crippen LogP contribution in [0.3, 0.4) is 0 Å². The molecule has 0 aromatic carbocycles. The van der Waals surface area contributed by atoms with Crippen molar-refractivity contribution in [1.82, 2.24) is 0 Å². The number of halogens is 1. The summed E-state index contributed by atoms with van der Waals surface area (Å²) in [5, 5.41) is 20.6. The Hall–Kier alpha value is 0.210. The molecule has 0 aliphatic heterocycles. The van der Waals surface area contributed by atoms with Crippen LogP contribution in [0.25, 0.3) is 0 Å². The fraction of sp³-hybridized carbons (Fsp3) is 1.00. The van der Waals surface area contributed by atoms with Gasteiger partial charge in [0.15, 0.2) is 0 Å². The van der Waals surface area contributed by atoms with Crippen molar-refractivity contribution in [2.24, 2.45) is 40.9 Å². The van der Waals surface area contributed by atoms with Crippen LogP contribution in [-0.2, 0) is 0 Å². The Kier molecular flexibility index (Phi) is 4.03. The van der Waals surface area contributed by atoms with Gasteiger partial charge in [-0.15, -0.1) is 11.6 Å². The molecular formula is C19H31ClO2. The van der Waals surface area contributed by atoms with E-state index in [1.54, 1.807) is 0 Å². The normalized spacial score (nSPS) is 57.8. The van der Waals surface area contributed by atoms with Gasteiger partial charge >= 0.3 is 0 Å². The maximum Gasteiger partial charge on any atom is 0.0596 e. The van der Waals surface area contributed by atoms with E-state index in [2.05, 4.69) is 6.92 Å². The van der Waals surface area contributed by atoms with Gasteiger partial charge in [-0.05, 0) is 92.3 Å². The van der Waals surface area contributed by atoms with Gasteiger partial charge in [0.05, 0.1) is 12.2 Å². The van der Waals surface area contributed by atoms with Crippen molar-refractivity contribution in [3.63, 3.8) is 0 Å². The van der Waals surface area contributed by atoms with Gasteiger partial charge in [-0.3, -0.25) is 0 Å². The first kappa shape index (κ1) is 15.7. The molecule has 0 saturated heterocycles. The van der Waals surface area contributed by atoms with Gasteiger partial charge in [0.25, 0.3) is 0 Å². The van der Waals surface area contributed by atoms with Crippen LogP contribution in [0.2, 0.25) is 0 Å². The Morgan fingerprint density at radius 1 is 1.00 bits per heavy atom. The Morgan fingerprint density at radius 3 is 2.55 bits per heavy atom. The van der Waals surface area contributed by atoms with Crippen molar-refractivity contribution in [1.29, 1.82) is 0 Å². The number of aliphatic hydroxyl groups is 2. The van der Waals surface area contributed by atoms with E-state index in [-0.39, 0.29) is 17.6 Å². The van der Waals surface area contributed by atoms with Crippen LogP contribution in [0.15, 0.2) is 0 Å². The highest BCUT2D eigenvalue weighted by molar-refractivity contribution is 6.18. The number of hydrogen-bond donors (Lipinski definition) is 2. The van der Waals surface area contributed by atoms with Gasteiger partial charge in [-0.2, -0.15) is 0 Å². The monoisotopic (exact) mass is 326 g/mol. The molecule has 4 fully saturated rings. The van der Waals surface area contributed by atoms with Gasteiger partial charge in [0.2, 0.25) is 0 Å². The molecule has 2 unspecified atom stereocenters. The van der Waals surface area contributed by atoms with Gasteiger partial charge in [0, 0.05) is 5.88 Å². The summed E-state index contributed by atoms with van der Waals surface area (Å²) in [6.45, 7) is 2.34. The van der Waals surface area contributed by atoms with Crippen LogP contribution < -0.4 is 0 Å². The van der Waals surface area contributed by atoms with E-state index in [4.69, 9.17) is 11.6 Å². The molecule has 0 aromatic heterocycles. The quantitative estimate of drug-likeness (QED) is 0.719. The number of aliphatic hydroxyl groups excluding tert-OH is 2. The molecule has 4 aliphatic rings. The molecule has 0 radical (unpaired) electrons. The van der Waals surface area contributed by atoms with E-state index in [9.17, 15) is 10.2 Å². The third kappa shape index (κ3) is 2.20. The highest BCUT2D eigenvalue weighted by Crippen LogP contribution is 2.64. The molecule has 2 N–H and O–H groups in total. The lowest BCUT2D eigenvalue weighted by Gasteiger charge is -2.58. The zero-order chi connectivity index (χ0) is 15.5. The van der Waals surface area contributed by atoms with Crippen LogP contribution >= 0.6 is 11.6 Å². The van der Waals surface area contributed by atoms with Gasteiger partial charge < -0.3 is 10.2 Å². The van der Waals surface area contributed by atoms with E-state index < -0.39 is 0 Å². The molecule has 2 nitrogen and oxygen atoms in total. The fourth-order valence-corrected chi connectivity index (χ4v) is 7.59. The zero-order valence-corrected chi connectivity index (χ0v) is 14.5. The van der Waals surface area contributed by atoms with Crippen molar-refractivity contribution < 1.29 is 10.2 Å². The molecule has 0 spiro atoms. The summed E-state index contributed by atoms with van der Waals surface area (Å²) in [7, 11) is 0. The van der Waals surface area contributed by atoms with Crippen LogP contribution in [0, 0.1) is 40.9 Å². The lowest BCUT2D eigenvalue weighted by atomic mass is 9.47. The van der Waals surface area contributed by atoms with E-state index in [0.29, 0.717) is 11.8 Å². The predicted molar refractivity (Wildman–Crippen MR) is 88.7 cm³/mol. The van der Waals surface area contributed by atoms with Crippen molar-refractivity contribution in [3.8, 4) is 0 Å². The molecule has 3 heteroatoms. The average molecular weight is 327 g/mol. The van der Waals surface area contributed by atoms with Crippen LogP contribution in [-0.4, -0.2) is 28.3 Å². The lowest BCUT2D eigenvalue weighted by molar-refractivity contribution is -0.116. The summed E-state index contributed by atoms with van der Waals surface area (Å²) in [4.78, 5) is 0. The minimum atomic E-state index is -0.116. The molecule has 4 rings (SSSR count). The van der Waals surface area contributed by atoms with Crippen LogP contribution in [0.4, 0.5) is 0 Å². The topological polar surface area (TPSA) is 40.5 Å². The molecule has 0 amide bonds. The maximum absolute atomic E-state index is 10.6. The second-order valence-corrected chi connectivity index (χ2v) is 9.34. The molecule has 0 aromatic rings. The van der Waals surface area contributed by atoms with Crippen molar-refractivity contribution in [2.45, 2.75) is 70.5 Å². The molecule has 4 saturated carbocycles. The number of alkyl halides is 1. The summed E-state index contributed by atoms with van der Waals surface area (Å²) in [5.74, 6) is 5.08. The summed E-state index contributed by atoms with van der Waals surface area (Å²) in [5.41, 5.74) is 0.113. The van der Waals surface area contributed by atoms with E-state index in [1.807, 2.05) is 0 Å². The molecule has 4 aliphatic carbocycles. The van der Waals surface area contributed by atoms with Gasteiger partial charge in [0.1, 0.15) is 0 Å². The summed E-state index contributed by atoms with van der Waals surface area (Å²) in [6.07, 6.45) is 8.96. The largest absolute Gasteiger partial charge is 0.393 e. The van der Waals surface area contributed by atoms with Gasteiger partial charge in [-0.25, -0.2) is 0 Å². The smallest absolute Gasteiger partial charge is 0.0596 e. The minimum Gasteiger partial charge on any atom is -0.393 e. The first-order chi connectivity index (χ1) is 10.5. The summed E-state index contributed by atoms with van der Waals surface area (Å²) in [6, 6.07) is 0. The van der Waals surface area contributed by atoms with E-state index in [0.717, 1.165) is 55.2 Å². The first-order valence-electron chi connectivity index (χ1n) is 9.46. The molecule has 9 atom stereocenters. The minimum absolute atomic E-state index is 0.0607. The van der Waals surface area contributed by atoms with Crippen LogP contribution in [0.1, 0.15) is 58.3 Å². The number of hydrogen-bond acceptors (Lipinski definition) is 2.